The van der Waals surface area contributed by atoms with E-state index in [1.54, 1.807) is 51.3 Å². The maximum Gasteiger partial charge on any atom is 0.239 e. The van der Waals surface area contributed by atoms with Crippen molar-refractivity contribution >= 4 is 23.2 Å². The molecule has 0 atom stereocenters. The first-order chi connectivity index (χ1) is 13.2. The van der Waals surface area contributed by atoms with E-state index in [2.05, 4.69) is 10.6 Å². The Morgan fingerprint density at radius 2 is 1.39 bits per heavy atom. The molecule has 28 heavy (non-hydrogen) atoms. The smallest absolute Gasteiger partial charge is 0.239 e. The fourth-order valence-electron chi connectivity index (χ4n) is 2.48. The molecule has 0 aliphatic heterocycles. The van der Waals surface area contributed by atoms with Gasteiger partial charge in [0.2, 0.25) is 11.8 Å². The number of hydrogen-bond donors (Lipinski definition) is 2. The molecule has 0 saturated heterocycles. The number of nitrogens with one attached hydrogen (secondary N) is 2. The topological polar surface area (TPSA) is 85.9 Å². The molecule has 0 unspecified atom stereocenters. The quantitative estimate of drug-likeness (QED) is 0.710. The van der Waals surface area contributed by atoms with Crippen LogP contribution in [0.3, 0.4) is 0 Å². The first-order valence-electron chi connectivity index (χ1n) is 8.72. The SMILES string of the molecule is COc1ccc(NC(=O)C(C)(C)C(=O)Nc2cc(C)ccc2OC)c(OC)c1. The van der Waals surface area contributed by atoms with Crippen molar-refractivity contribution in [1.82, 2.24) is 0 Å². The second-order valence-electron chi connectivity index (χ2n) is 6.80. The lowest BCUT2D eigenvalue weighted by Crippen LogP contribution is -2.41. The van der Waals surface area contributed by atoms with Crippen LogP contribution in [0.25, 0.3) is 0 Å². The van der Waals surface area contributed by atoms with Crippen LogP contribution >= 0.6 is 0 Å². The zero-order valence-corrected chi connectivity index (χ0v) is 17.0. The van der Waals surface area contributed by atoms with Crippen LogP contribution in [0.4, 0.5) is 11.4 Å². The summed E-state index contributed by atoms with van der Waals surface area (Å²) >= 11 is 0. The molecule has 7 heteroatoms. The van der Waals surface area contributed by atoms with E-state index in [0.717, 1.165) is 5.56 Å². The van der Waals surface area contributed by atoms with Gasteiger partial charge in [-0.3, -0.25) is 9.59 Å². The Morgan fingerprint density at radius 3 is 1.96 bits per heavy atom. The van der Waals surface area contributed by atoms with Crippen molar-refractivity contribution in [1.29, 1.82) is 0 Å². The Hall–Kier alpha value is -3.22. The second kappa shape index (κ2) is 8.65. The molecule has 0 aliphatic rings. The summed E-state index contributed by atoms with van der Waals surface area (Å²) in [6.45, 7) is 5.01. The lowest BCUT2D eigenvalue weighted by Gasteiger charge is -2.24. The van der Waals surface area contributed by atoms with Crippen LogP contribution in [-0.4, -0.2) is 33.1 Å². The van der Waals surface area contributed by atoms with E-state index in [9.17, 15) is 9.59 Å². The first-order valence-corrected chi connectivity index (χ1v) is 8.72. The molecule has 0 bridgehead atoms. The molecular weight excluding hydrogens is 360 g/mol. The fraction of sp³-hybridized carbons (Fsp3) is 0.333. The normalized spacial score (nSPS) is 10.8. The highest BCUT2D eigenvalue weighted by molar-refractivity contribution is 6.14. The summed E-state index contributed by atoms with van der Waals surface area (Å²) in [6, 6.07) is 10.4. The monoisotopic (exact) mass is 386 g/mol. The maximum absolute atomic E-state index is 12.8. The minimum Gasteiger partial charge on any atom is -0.497 e. The van der Waals surface area contributed by atoms with E-state index in [4.69, 9.17) is 14.2 Å². The molecule has 2 rings (SSSR count). The van der Waals surface area contributed by atoms with E-state index in [1.165, 1.54) is 14.2 Å². The number of anilines is 2. The Bertz CT molecular complexity index is 877. The van der Waals surface area contributed by atoms with Crippen LogP contribution in [0.2, 0.25) is 0 Å². The number of methoxy groups -OCH3 is 3. The minimum atomic E-state index is -1.35. The molecular formula is C21H26N2O5. The largest absolute Gasteiger partial charge is 0.497 e. The molecule has 0 saturated carbocycles. The van der Waals surface area contributed by atoms with Crippen molar-refractivity contribution in [2.24, 2.45) is 5.41 Å². The lowest BCUT2D eigenvalue weighted by atomic mass is 9.90. The van der Waals surface area contributed by atoms with Crippen molar-refractivity contribution in [3.05, 3.63) is 42.0 Å². The summed E-state index contributed by atoms with van der Waals surface area (Å²) in [6.07, 6.45) is 0. The van der Waals surface area contributed by atoms with E-state index < -0.39 is 17.2 Å². The van der Waals surface area contributed by atoms with Crippen LogP contribution in [-0.2, 0) is 9.59 Å². The van der Waals surface area contributed by atoms with Gasteiger partial charge in [0.05, 0.1) is 32.7 Å². The summed E-state index contributed by atoms with van der Waals surface area (Å²) in [5.41, 5.74) is 0.568. The Kier molecular flexibility index (Phi) is 6.51. The number of aryl methyl sites for hydroxylation is 1. The predicted molar refractivity (Wildman–Crippen MR) is 108 cm³/mol. The van der Waals surface area contributed by atoms with Crippen LogP contribution in [0.1, 0.15) is 19.4 Å². The van der Waals surface area contributed by atoms with Gasteiger partial charge in [0.15, 0.2) is 0 Å². The van der Waals surface area contributed by atoms with Crippen LogP contribution < -0.4 is 24.8 Å². The third-order valence-corrected chi connectivity index (χ3v) is 4.40. The predicted octanol–water partition coefficient (Wildman–Crippen LogP) is 3.62. The fourth-order valence-corrected chi connectivity index (χ4v) is 2.48. The molecule has 7 nitrogen and oxygen atoms in total. The standard InChI is InChI=1S/C21H26N2O5/c1-13-7-10-17(27-5)16(11-13)23-20(25)21(2,3)19(24)22-15-9-8-14(26-4)12-18(15)28-6/h7-12H,1-6H3,(H,22,24)(H,23,25). The number of amides is 2. The number of carbonyl (C=O) groups is 2. The van der Waals surface area contributed by atoms with Crippen LogP contribution in [0.5, 0.6) is 17.2 Å². The molecule has 0 spiro atoms. The van der Waals surface area contributed by atoms with Crippen molar-refractivity contribution in [3.8, 4) is 17.2 Å². The number of rotatable bonds is 7. The van der Waals surface area contributed by atoms with Gasteiger partial charge in [-0.05, 0) is 50.6 Å². The van der Waals surface area contributed by atoms with Crippen LogP contribution in [0.15, 0.2) is 36.4 Å². The molecule has 2 amide bonds. The Morgan fingerprint density at radius 1 is 0.786 bits per heavy atom. The molecule has 2 aromatic carbocycles. The summed E-state index contributed by atoms with van der Waals surface area (Å²) in [4.78, 5) is 25.6. The molecule has 0 fully saturated rings. The van der Waals surface area contributed by atoms with Gasteiger partial charge in [-0.1, -0.05) is 6.07 Å². The highest BCUT2D eigenvalue weighted by Gasteiger charge is 2.37. The van der Waals surface area contributed by atoms with E-state index in [-0.39, 0.29) is 0 Å². The van der Waals surface area contributed by atoms with Crippen molar-refractivity contribution < 1.29 is 23.8 Å². The molecule has 0 heterocycles. The summed E-state index contributed by atoms with van der Waals surface area (Å²) in [7, 11) is 4.56. The highest BCUT2D eigenvalue weighted by atomic mass is 16.5. The van der Waals surface area contributed by atoms with Gasteiger partial charge in [0, 0.05) is 6.07 Å². The maximum atomic E-state index is 12.8. The van der Waals surface area contributed by atoms with E-state index in [1.807, 2.05) is 13.0 Å². The molecule has 0 radical (unpaired) electrons. The third-order valence-electron chi connectivity index (χ3n) is 4.40. The van der Waals surface area contributed by atoms with E-state index >= 15 is 0 Å². The van der Waals surface area contributed by atoms with Gasteiger partial charge >= 0.3 is 0 Å². The third kappa shape index (κ3) is 4.54. The molecule has 2 N–H and O–H groups in total. The van der Waals surface area contributed by atoms with Crippen molar-refractivity contribution in [3.63, 3.8) is 0 Å². The molecule has 2 aromatic rings. The van der Waals surface area contributed by atoms with Gasteiger partial charge in [-0.15, -0.1) is 0 Å². The first kappa shape index (κ1) is 21.1. The molecule has 0 aliphatic carbocycles. The lowest BCUT2D eigenvalue weighted by molar-refractivity contribution is -0.135. The number of ether oxygens (including phenoxy) is 3. The highest BCUT2D eigenvalue weighted by Crippen LogP contribution is 2.32. The van der Waals surface area contributed by atoms with Gasteiger partial charge in [-0.2, -0.15) is 0 Å². The molecule has 150 valence electrons. The van der Waals surface area contributed by atoms with Gasteiger partial charge in [0.1, 0.15) is 22.7 Å². The zero-order chi connectivity index (χ0) is 20.9. The van der Waals surface area contributed by atoms with Crippen LogP contribution in [0, 0.1) is 12.3 Å². The Labute approximate surface area is 165 Å². The summed E-state index contributed by atoms with van der Waals surface area (Å²) < 4.78 is 15.7. The van der Waals surface area contributed by atoms with Crippen molar-refractivity contribution in [2.45, 2.75) is 20.8 Å². The summed E-state index contributed by atoms with van der Waals surface area (Å²) in [5.74, 6) is 0.621. The number of hydrogen-bond acceptors (Lipinski definition) is 5. The second-order valence-corrected chi connectivity index (χ2v) is 6.80. The average molecular weight is 386 g/mol. The van der Waals surface area contributed by atoms with Crippen molar-refractivity contribution in [2.75, 3.05) is 32.0 Å². The Balaban J connectivity index is 2.20. The van der Waals surface area contributed by atoms with E-state index in [0.29, 0.717) is 28.6 Å². The average Bonchev–Trinajstić information content (AvgIpc) is 2.68. The number of carbonyl (C=O) groups excluding carboxylic acids is 2. The molecule has 0 aromatic heterocycles. The van der Waals surface area contributed by atoms with Gasteiger partial charge < -0.3 is 24.8 Å². The van der Waals surface area contributed by atoms with Gasteiger partial charge in [-0.25, -0.2) is 0 Å². The number of benzene rings is 2. The zero-order valence-electron chi connectivity index (χ0n) is 17.0. The van der Waals surface area contributed by atoms with Gasteiger partial charge in [0.25, 0.3) is 0 Å². The summed E-state index contributed by atoms with van der Waals surface area (Å²) in [5, 5.41) is 5.53. The minimum absolute atomic E-state index is 0.435.